The van der Waals surface area contributed by atoms with Crippen molar-refractivity contribution in [1.29, 1.82) is 0 Å². The van der Waals surface area contributed by atoms with Crippen molar-refractivity contribution >= 4 is 29.0 Å². The topological polar surface area (TPSA) is 46.4 Å². The molecule has 2 heterocycles. The second kappa shape index (κ2) is 7.37. The monoisotopic (exact) mass is 403 g/mol. The summed E-state index contributed by atoms with van der Waals surface area (Å²) in [7, 11) is 0. The van der Waals surface area contributed by atoms with E-state index in [0.29, 0.717) is 27.7 Å². The van der Waals surface area contributed by atoms with Crippen LogP contribution in [0.15, 0.2) is 72.9 Å². The van der Waals surface area contributed by atoms with Crippen LogP contribution in [0.3, 0.4) is 0 Å². The van der Waals surface area contributed by atoms with Gasteiger partial charge in [-0.25, -0.2) is 4.98 Å². The molecule has 0 fully saturated rings. The molecule has 1 amide bonds. The van der Waals surface area contributed by atoms with Gasteiger partial charge in [0.15, 0.2) is 0 Å². The minimum atomic E-state index is -0.190. The van der Waals surface area contributed by atoms with Gasteiger partial charge in [0.05, 0.1) is 5.02 Å². The van der Waals surface area contributed by atoms with Gasteiger partial charge in [-0.2, -0.15) is 0 Å². The summed E-state index contributed by atoms with van der Waals surface area (Å²) in [5.74, 6) is 0.406. The molecule has 4 nitrogen and oxygen atoms in total. The predicted molar refractivity (Wildman–Crippen MR) is 119 cm³/mol. The Morgan fingerprint density at radius 1 is 0.966 bits per heavy atom. The van der Waals surface area contributed by atoms with E-state index in [1.54, 1.807) is 12.3 Å². The summed E-state index contributed by atoms with van der Waals surface area (Å²) < 4.78 is 1.81. The van der Waals surface area contributed by atoms with Crippen LogP contribution in [-0.4, -0.2) is 15.3 Å². The van der Waals surface area contributed by atoms with E-state index in [-0.39, 0.29) is 11.3 Å². The number of halogens is 1. The van der Waals surface area contributed by atoms with Crippen molar-refractivity contribution in [1.82, 2.24) is 9.38 Å². The third-order valence-corrected chi connectivity index (χ3v) is 5.10. The Labute approximate surface area is 175 Å². The van der Waals surface area contributed by atoms with Crippen LogP contribution in [0.1, 0.15) is 36.7 Å². The first-order chi connectivity index (χ1) is 13.8. The number of carbonyl (C=O) groups is 1. The lowest BCUT2D eigenvalue weighted by Crippen LogP contribution is -2.15. The number of nitrogens with one attached hydrogen (secondary N) is 1. The van der Waals surface area contributed by atoms with Crippen molar-refractivity contribution in [3.8, 4) is 11.3 Å². The zero-order chi connectivity index (χ0) is 20.6. The summed E-state index contributed by atoms with van der Waals surface area (Å²) >= 11 is 6.20. The van der Waals surface area contributed by atoms with Crippen molar-refractivity contribution in [2.24, 2.45) is 0 Å². The molecule has 0 atom stereocenters. The van der Waals surface area contributed by atoms with Crippen LogP contribution in [0.5, 0.6) is 0 Å². The van der Waals surface area contributed by atoms with Crippen molar-refractivity contribution < 1.29 is 4.79 Å². The highest BCUT2D eigenvalue weighted by Gasteiger charge is 2.19. The Bertz CT molecular complexity index is 1170. The van der Waals surface area contributed by atoms with Gasteiger partial charge in [-0.05, 0) is 35.2 Å². The first kappa shape index (κ1) is 19.2. The van der Waals surface area contributed by atoms with E-state index in [4.69, 9.17) is 16.6 Å². The van der Waals surface area contributed by atoms with Gasteiger partial charge in [-0.3, -0.25) is 9.20 Å². The van der Waals surface area contributed by atoms with Gasteiger partial charge in [0.25, 0.3) is 5.91 Å². The number of benzene rings is 2. The second-order valence-corrected chi connectivity index (χ2v) is 8.47. The highest BCUT2D eigenvalue weighted by molar-refractivity contribution is 6.30. The number of fused-ring (bicyclic) bond motifs is 1. The molecule has 0 unspecified atom stereocenters. The van der Waals surface area contributed by atoms with Crippen LogP contribution in [-0.2, 0) is 5.41 Å². The van der Waals surface area contributed by atoms with Crippen molar-refractivity contribution in [2.45, 2.75) is 26.2 Å². The Balaban J connectivity index is 1.75. The third kappa shape index (κ3) is 3.89. The quantitative estimate of drug-likeness (QED) is 0.442. The Kier molecular flexibility index (Phi) is 4.89. The predicted octanol–water partition coefficient (Wildman–Crippen LogP) is 6.20. The minimum absolute atomic E-state index is 0.0356. The number of hydrogen-bond donors (Lipinski definition) is 1. The van der Waals surface area contributed by atoms with Gasteiger partial charge >= 0.3 is 0 Å². The number of amides is 1. The first-order valence-corrected chi connectivity index (χ1v) is 9.86. The van der Waals surface area contributed by atoms with E-state index < -0.39 is 0 Å². The number of hydrogen-bond acceptors (Lipinski definition) is 2. The fraction of sp³-hybridized carbons (Fsp3) is 0.167. The smallest absolute Gasteiger partial charge is 0.256 e. The maximum atomic E-state index is 13.0. The second-order valence-electron chi connectivity index (χ2n) is 8.03. The van der Waals surface area contributed by atoms with Crippen LogP contribution in [0, 0.1) is 0 Å². The van der Waals surface area contributed by atoms with E-state index in [0.717, 1.165) is 5.56 Å². The summed E-state index contributed by atoms with van der Waals surface area (Å²) in [6.07, 6.45) is 1.76. The summed E-state index contributed by atoms with van der Waals surface area (Å²) in [6, 6.07) is 21.1. The minimum Gasteiger partial charge on any atom is -0.306 e. The van der Waals surface area contributed by atoms with Crippen LogP contribution < -0.4 is 5.32 Å². The first-order valence-electron chi connectivity index (χ1n) is 9.48. The molecular formula is C24H22ClN3O. The van der Waals surface area contributed by atoms with E-state index in [1.165, 1.54) is 5.56 Å². The molecule has 0 aliphatic rings. The molecule has 5 heteroatoms. The highest BCUT2D eigenvalue weighted by Crippen LogP contribution is 2.30. The van der Waals surface area contributed by atoms with Gasteiger partial charge in [-0.1, -0.05) is 74.8 Å². The van der Waals surface area contributed by atoms with Crippen LogP contribution >= 0.6 is 11.6 Å². The van der Waals surface area contributed by atoms with Gasteiger partial charge in [-0.15, -0.1) is 0 Å². The molecule has 0 radical (unpaired) electrons. The van der Waals surface area contributed by atoms with Gasteiger partial charge in [0.1, 0.15) is 17.2 Å². The highest BCUT2D eigenvalue weighted by atomic mass is 35.5. The van der Waals surface area contributed by atoms with E-state index in [1.807, 2.05) is 65.1 Å². The largest absolute Gasteiger partial charge is 0.306 e. The van der Waals surface area contributed by atoms with Crippen molar-refractivity contribution in [2.75, 3.05) is 5.32 Å². The lowest BCUT2D eigenvalue weighted by Gasteiger charge is -2.19. The Hall–Kier alpha value is -3.11. The zero-order valence-electron chi connectivity index (χ0n) is 16.6. The maximum Gasteiger partial charge on any atom is 0.256 e. The molecule has 146 valence electrons. The number of carbonyl (C=O) groups excluding carboxylic acids is 1. The Morgan fingerprint density at radius 3 is 2.31 bits per heavy atom. The molecule has 2 aromatic carbocycles. The SMILES string of the molecule is CC(C)(C)c1ccc(C(=O)Nc2c(-c3ccccc3)nc3ccc(Cl)cn23)cc1. The van der Waals surface area contributed by atoms with Gasteiger partial charge < -0.3 is 5.32 Å². The van der Waals surface area contributed by atoms with Crippen molar-refractivity contribution in [3.63, 3.8) is 0 Å². The van der Waals surface area contributed by atoms with Crippen LogP contribution in [0.2, 0.25) is 5.02 Å². The fourth-order valence-electron chi connectivity index (χ4n) is 3.24. The van der Waals surface area contributed by atoms with Gasteiger partial charge in [0.2, 0.25) is 0 Å². The molecule has 0 bridgehead atoms. The summed E-state index contributed by atoms with van der Waals surface area (Å²) in [6.45, 7) is 6.45. The Morgan fingerprint density at radius 2 is 1.66 bits per heavy atom. The molecule has 0 saturated heterocycles. The van der Waals surface area contributed by atoms with E-state index in [9.17, 15) is 4.79 Å². The van der Waals surface area contributed by atoms with E-state index in [2.05, 4.69) is 26.1 Å². The summed E-state index contributed by atoms with van der Waals surface area (Å²) in [5, 5.41) is 3.61. The number of imidazole rings is 1. The molecule has 2 aromatic heterocycles. The maximum absolute atomic E-state index is 13.0. The normalized spacial score (nSPS) is 11.6. The molecule has 0 aliphatic carbocycles. The lowest BCUT2D eigenvalue weighted by atomic mass is 9.87. The lowest BCUT2D eigenvalue weighted by molar-refractivity contribution is 0.102. The molecule has 4 aromatic rings. The third-order valence-electron chi connectivity index (χ3n) is 4.87. The van der Waals surface area contributed by atoms with Gasteiger partial charge in [0, 0.05) is 17.3 Å². The molecule has 29 heavy (non-hydrogen) atoms. The molecule has 0 aliphatic heterocycles. The average molecular weight is 404 g/mol. The summed E-state index contributed by atoms with van der Waals surface area (Å²) in [4.78, 5) is 17.7. The zero-order valence-corrected chi connectivity index (χ0v) is 17.4. The molecule has 1 N–H and O–H groups in total. The molecular weight excluding hydrogens is 382 g/mol. The molecule has 0 saturated carbocycles. The standard InChI is InChI=1S/C24H22ClN3O/c1-24(2,3)18-11-9-17(10-12-18)23(29)27-22-21(16-7-5-4-6-8-16)26-20-14-13-19(25)15-28(20)22/h4-15H,1-3H3,(H,27,29). The van der Waals surface area contributed by atoms with Crippen molar-refractivity contribution in [3.05, 3.63) is 89.1 Å². The number of aromatic nitrogens is 2. The fourth-order valence-corrected chi connectivity index (χ4v) is 3.40. The number of nitrogens with zero attached hydrogens (tertiary/aromatic N) is 2. The van der Waals surface area contributed by atoms with Crippen LogP contribution in [0.25, 0.3) is 16.9 Å². The van der Waals surface area contributed by atoms with Crippen LogP contribution in [0.4, 0.5) is 5.82 Å². The number of pyridine rings is 1. The summed E-state index contributed by atoms with van der Waals surface area (Å²) in [5.41, 5.74) is 4.15. The van der Waals surface area contributed by atoms with E-state index >= 15 is 0 Å². The molecule has 4 rings (SSSR count). The number of anilines is 1. The molecule has 0 spiro atoms. The number of rotatable bonds is 3. The average Bonchev–Trinajstić information content (AvgIpc) is 3.05.